The van der Waals surface area contributed by atoms with Crippen LogP contribution in [-0.2, 0) is 0 Å². The van der Waals surface area contributed by atoms with Crippen molar-refractivity contribution in [1.82, 2.24) is 9.80 Å². The van der Waals surface area contributed by atoms with Crippen LogP contribution in [0.3, 0.4) is 0 Å². The molecule has 0 aromatic carbocycles. The minimum absolute atomic E-state index is 0.0840. The second-order valence-electron chi connectivity index (χ2n) is 5.80. The van der Waals surface area contributed by atoms with Gasteiger partial charge in [0, 0.05) is 26.2 Å². The largest absolute Gasteiger partial charge is 0.301 e. The number of hydrogen-bond acceptors (Lipinski definition) is 3. The van der Waals surface area contributed by atoms with Gasteiger partial charge in [0.1, 0.15) is 0 Å². The third kappa shape index (κ3) is 6.94. The van der Waals surface area contributed by atoms with Crippen molar-refractivity contribution in [2.75, 3.05) is 32.7 Å². The zero-order valence-electron chi connectivity index (χ0n) is 12.9. The molecule has 1 unspecified atom stereocenters. The normalized spacial score (nSPS) is 19.2. The van der Waals surface area contributed by atoms with E-state index in [4.69, 9.17) is 5.26 Å². The van der Waals surface area contributed by atoms with E-state index >= 15 is 0 Å². The van der Waals surface area contributed by atoms with Crippen molar-refractivity contribution in [2.24, 2.45) is 0 Å². The molecule has 3 heteroatoms. The smallest absolute Gasteiger partial charge is 0.0950 e. The van der Waals surface area contributed by atoms with Crippen LogP contribution in [0.5, 0.6) is 0 Å². The minimum Gasteiger partial charge on any atom is -0.301 e. The molecular weight excluding hydrogens is 234 g/mol. The molecule has 1 aliphatic rings. The maximum Gasteiger partial charge on any atom is 0.0950 e. The molecule has 0 spiro atoms. The molecule has 0 N–H and O–H groups in total. The molecule has 0 aromatic rings. The van der Waals surface area contributed by atoms with Gasteiger partial charge >= 0.3 is 0 Å². The summed E-state index contributed by atoms with van der Waals surface area (Å²) >= 11 is 0. The molecule has 1 heterocycles. The Morgan fingerprint density at radius 3 is 2.11 bits per heavy atom. The van der Waals surface area contributed by atoms with Gasteiger partial charge in [0.25, 0.3) is 0 Å². The molecule has 0 radical (unpaired) electrons. The van der Waals surface area contributed by atoms with Crippen LogP contribution < -0.4 is 0 Å². The summed E-state index contributed by atoms with van der Waals surface area (Å²) in [7, 11) is 0. The van der Waals surface area contributed by atoms with Crippen LogP contribution in [0.1, 0.15) is 58.8 Å². The Labute approximate surface area is 119 Å². The van der Waals surface area contributed by atoms with Crippen molar-refractivity contribution >= 4 is 0 Å². The lowest BCUT2D eigenvalue weighted by molar-refractivity contribution is 0.118. The van der Waals surface area contributed by atoms with Crippen molar-refractivity contribution < 1.29 is 0 Å². The summed E-state index contributed by atoms with van der Waals surface area (Å²) < 4.78 is 0. The van der Waals surface area contributed by atoms with Crippen LogP contribution in [0, 0.1) is 11.3 Å². The summed E-state index contributed by atoms with van der Waals surface area (Å²) in [5.74, 6) is 0. The molecule has 1 saturated heterocycles. The van der Waals surface area contributed by atoms with E-state index in [-0.39, 0.29) is 6.04 Å². The van der Waals surface area contributed by atoms with Gasteiger partial charge in [-0.05, 0) is 19.9 Å². The lowest BCUT2D eigenvalue weighted by atomic mass is 10.1. The van der Waals surface area contributed by atoms with E-state index in [1.807, 2.05) is 6.92 Å². The quantitative estimate of drug-likeness (QED) is 0.599. The number of unbranched alkanes of at least 4 members (excludes halogenated alkanes) is 6. The van der Waals surface area contributed by atoms with Crippen molar-refractivity contribution in [3.8, 4) is 6.07 Å². The third-order valence-corrected chi connectivity index (χ3v) is 4.22. The van der Waals surface area contributed by atoms with E-state index in [0.717, 1.165) is 26.2 Å². The molecule has 0 aromatic heterocycles. The molecule has 1 rings (SSSR count). The van der Waals surface area contributed by atoms with Crippen molar-refractivity contribution in [2.45, 2.75) is 64.8 Å². The Hall–Kier alpha value is -0.590. The van der Waals surface area contributed by atoms with Gasteiger partial charge in [0.05, 0.1) is 12.1 Å². The van der Waals surface area contributed by atoms with Gasteiger partial charge in [-0.1, -0.05) is 45.4 Å². The molecule has 0 bridgehead atoms. The second kappa shape index (κ2) is 10.2. The van der Waals surface area contributed by atoms with Gasteiger partial charge in [0.2, 0.25) is 0 Å². The lowest BCUT2D eigenvalue weighted by Crippen LogP contribution is -2.49. The zero-order chi connectivity index (χ0) is 13.9. The van der Waals surface area contributed by atoms with E-state index in [9.17, 15) is 0 Å². The molecule has 19 heavy (non-hydrogen) atoms. The average Bonchev–Trinajstić information content (AvgIpc) is 2.46. The van der Waals surface area contributed by atoms with Gasteiger partial charge in [-0.3, -0.25) is 4.90 Å². The summed E-state index contributed by atoms with van der Waals surface area (Å²) in [6.07, 6.45) is 9.72. The van der Waals surface area contributed by atoms with Crippen LogP contribution in [0.25, 0.3) is 0 Å². The minimum atomic E-state index is 0.0840. The van der Waals surface area contributed by atoms with E-state index in [0.29, 0.717) is 0 Å². The van der Waals surface area contributed by atoms with E-state index in [1.165, 1.54) is 51.5 Å². The first-order valence-electron chi connectivity index (χ1n) is 8.14. The second-order valence-corrected chi connectivity index (χ2v) is 5.80. The molecule has 1 fully saturated rings. The zero-order valence-corrected chi connectivity index (χ0v) is 12.9. The molecule has 1 atom stereocenters. The van der Waals surface area contributed by atoms with Gasteiger partial charge < -0.3 is 4.90 Å². The first-order chi connectivity index (χ1) is 9.27. The number of nitriles is 1. The van der Waals surface area contributed by atoms with E-state index in [1.54, 1.807) is 0 Å². The third-order valence-electron chi connectivity index (χ3n) is 4.22. The maximum absolute atomic E-state index is 8.91. The van der Waals surface area contributed by atoms with Crippen LogP contribution in [-0.4, -0.2) is 48.6 Å². The van der Waals surface area contributed by atoms with Gasteiger partial charge in [-0.25, -0.2) is 0 Å². The fourth-order valence-corrected chi connectivity index (χ4v) is 2.75. The summed E-state index contributed by atoms with van der Waals surface area (Å²) in [6.45, 7) is 9.93. The highest BCUT2D eigenvalue weighted by Gasteiger charge is 2.19. The number of piperazine rings is 1. The topological polar surface area (TPSA) is 30.3 Å². The fourth-order valence-electron chi connectivity index (χ4n) is 2.75. The van der Waals surface area contributed by atoms with Gasteiger partial charge in [-0.15, -0.1) is 0 Å². The van der Waals surface area contributed by atoms with Gasteiger partial charge in [0.15, 0.2) is 0 Å². The first kappa shape index (κ1) is 16.5. The number of nitrogens with zero attached hydrogens (tertiary/aromatic N) is 3. The Bertz CT molecular complexity index is 251. The Morgan fingerprint density at radius 1 is 0.947 bits per heavy atom. The van der Waals surface area contributed by atoms with Crippen molar-refractivity contribution in [1.29, 1.82) is 5.26 Å². The standard InChI is InChI=1S/C16H31N3/c1-3-4-5-6-7-8-9-10-18-11-13-19(14-12-18)16(2)15-17/h16H,3-14H2,1-2H3. The summed E-state index contributed by atoms with van der Waals surface area (Å²) in [5.41, 5.74) is 0. The van der Waals surface area contributed by atoms with Crippen molar-refractivity contribution in [3.05, 3.63) is 0 Å². The summed E-state index contributed by atoms with van der Waals surface area (Å²) in [4.78, 5) is 4.86. The van der Waals surface area contributed by atoms with Crippen LogP contribution >= 0.6 is 0 Å². The Balaban J connectivity index is 1.96. The van der Waals surface area contributed by atoms with E-state index < -0.39 is 0 Å². The molecule has 0 amide bonds. The molecule has 1 aliphatic heterocycles. The molecular formula is C16H31N3. The first-order valence-corrected chi connectivity index (χ1v) is 8.14. The highest BCUT2D eigenvalue weighted by atomic mass is 15.3. The fraction of sp³-hybridized carbons (Fsp3) is 0.938. The predicted molar refractivity (Wildman–Crippen MR) is 81.1 cm³/mol. The molecule has 0 saturated carbocycles. The Kier molecular flexibility index (Phi) is 8.86. The lowest BCUT2D eigenvalue weighted by Gasteiger charge is -2.35. The van der Waals surface area contributed by atoms with Crippen LogP contribution in [0.2, 0.25) is 0 Å². The van der Waals surface area contributed by atoms with E-state index in [2.05, 4.69) is 22.8 Å². The highest BCUT2D eigenvalue weighted by Crippen LogP contribution is 2.10. The number of hydrogen-bond donors (Lipinski definition) is 0. The van der Waals surface area contributed by atoms with Crippen molar-refractivity contribution in [3.63, 3.8) is 0 Å². The maximum atomic E-state index is 8.91. The SMILES string of the molecule is CCCCCCCCCN1CCN(C(C)C#N)CC1. The molecule has 3 nitrogen and oxygen atoms in total. The highest BCUT2D eigenvalue weighted by molar-refractivity contribution is 4.90. The summed E-state index contributed by atoms with van der Waals surface area (Å²) in [5, 5.41) is 8.91. The summed E-state index contributed by atoms with van der Waals surface area (Å²) in [6, 6.07) is 2.42. The Morgan fingerprint density at radius 2 is 1.53 bits per heavy atom. The van der Waals surface area contributed by atoms with Crippen LogP contribution in [0.15, 0.2) is 0 Å². The average molecular weight is 265 g/mol. The van der Waals surface area contributed by atoms with Crippen LogP contribution in [0.4, 0.5) is 0 Å². The molecule has 0 aliphatic carbocycles. The monoisotopic (exact) mass is 265 g/mol. The molecule has 110 valence electrons. The predicted octanol–water partition coefficient (Wildman–Crippen LogP) is 3.27. The number of rotatable bonds is 9. The van der Waals surface area contributed by atoms with Gasteiger partial charge in [-0.2, -0.15) is 5.26 Å².